The van der Waals surface area contributed by atoms with Crippen molar-refractivity contribution < 1.29 is 23.9 Å². The van der Waals surface area contributed by atoms with E-state index in [1.165, 1.54) is 0 Å². The lowest BCUT2D eigenvalue weighted by Crippen LogP contribution is -2.47. The minimum Gasteiger partial charge on any atom is -0.454 e. The van der Waals surface area contributed by atoms with E-state index >= 15 is 0 Å². The van der Waals surface area contributed by atoms with Gasteiger partial charge in [0, 0.05) is 18.7 Å². The second-order valence-electron chi connectivity index (χ2n) is 6.58. The fraction of sp³-hybridized carbons (Fsp3) is 0.474. The van der Waals surface area contributed by atoms with Gasteiger partial charge in [-0.15, -0.1) is 11.8 Å². The Hall–Kier alpha value is -2.55. The zero-order chi connectivity index (χ0) is 20.1. The van der Waals surface area contributed by atoms with Gasteiger partial charge in [-0.2, -0.15) is 0 Å². The lowest BCUT2D eigenvalue weighted by atomic mass is 10.0. The van der Waals surface area contributed by atoms with E-state index < -0.39 is 29.4 Å². The molecule has 2 aliphatic rings. The lowest BCUT2D eigenvalue weighted by Gasteiger charge is -2.33. The summed E-state index contributed by atoms with van der Waals surface area (Å²) in [4.78, 5) is 49.3. The number of hydrogen-bond donors (Lipinski definition) is 2. The van der Waals surface area contributed by atoms with Gasteiger partial charge < -0.3 is 20.3 Å². The molecule has 1 aromatic carbocycles. The van der Waals surface area contributed by atoms with Crippen molar-refractivity contribution in [1.82, 2.24) is 15.5 Å². The monoisotopic (exact) mass is 405 g/mol. The van der Waals surface area contributed by atoms with Gasteiger partial charge in [0.15, 0.2) is 6.61 Å². The van der Waals surface area contributed by atoms with E-state index in [9.17, 15) is 19.2 Å². The first-order valence-electron chi connectivity index (χ1n) is 9.19. The summed E-state index contributed by atoms with van der Waals surface area (Å²) in [6.07, 6.45) is 1.01. The van der Waals surface area contributed by atoms with Crippen molar-refractivity contribution in [1.29, 1.82) is 0 Å². The van der Waals surface area contributed by atoms with E-state index in [2.05, 4.69) is 10.6 Å². The quantitative estimate of drug-likeness (QED) is 0.635. The van der Waals surface area contributed by atoms with Crippen molar-refractivity contribution in [3.8, 4) is 0 Å². The SMILES string of the molecule is CCNC(=O)CNC(=O)COC(=O)[C@H]1CS[C@]2(c3ccccc3)CCC(=O)N12. The molecule has 3 amide bonds. The average Bonchev–Trinajstić information content (AvgIpc) is 3.25. The van der Waals surface area contributed by atoms with E-state index in [1.54, 1.807) is 23.6 Å². The zero-order valence-corrected chi connectivity index (χ0v) is 16.4. The number of carbonyl (C=O) groups excluding carboxylic acids is 4. The van der Waals surface area contributed by atoms with Gasteiger partial charge in [-0.25, -0.2) is 4.79 Å². The third kappa shape index (κ3) is 3.99. The molecule has 0 aliphatic carbocycles. The molecule has 2 aliphatic heterocycles. The number of hydrogen-bond acceptors (Lipinski definition) is 6. The molecule has 2 saturated heterocycles. The third-order valence-corrected chi connectivity index (χ3v) is 6.39. The first-order valence-corrected chi connectivity index (χ1v) is 10.2. The Balaban J connectivity index is 1.60. The molecule has 2 heterocycles. The molecule has 2 N–H and O–H groups in total. The summed E-state index contributed by atoms with van der Waals surface area (Å²) in [5.74, 6) is -1.15. The van der Waals surface area contributed by atoms with Crippen LogP contribution in [0.5, 0.6) is 0 Å². The second kappa shape index (κ2) is 8.64. The first kappa shape index (κ1) is 20.2. The van der Waals surface area contributed by atoms with Crippen LogP contribution >= 0.6 is 11.8 Å². The summed E-state index contributed by atoms with van der Waals surface area (Å²) >= 11 is 1.56. The van der Waals surface area contributed by atoms with Crippen LogP contribution in [0.4, 0.5) is 0 Å². The largest absolute Gasteiger partial charge is 0.454 e. The molecular weight excluding hydrogens is 382 g/mol. The maximum absolute atomic E-state index is 12.6. The van der Waals surface area contributed by atoms with Crippen LogP contribution in [0.1, 0.15) is 25.3 Å². The molecule has 3 rings (SSSR count). The van der Waals surface area contributed by atoms with Crippen LogP contribution in [0.25, 0.3) is 0 Å². The Morgan fingerprint density at radius 2 is 1.96 bits per heavy atom. The van der Waals surface area contributed by atoms with Crippen molar-refractivity contribution in [3.05, 3.63) is 35.9 Å². The highest BCUT2D eigenvalue weighted by Gasteiger charge is 2.57. The van der Waals surface area contributed by atoms with Gasteiger partial charge in [-0.05, 0) is 18.9 Å². The number of amides is 3. The van der Waals surface area contributed by atoms with Crippen molar-refractivity contribution in [2.75, 3.05) is 25.4 Å². The van der Waals surface area contributed by atoms with Crippen molar-refractivity contribution in [2.24, 2.45) is 0 Å². The number of fused-ring (bicyclic) bond motifs is 1. The number of likely N-dealkylation sites (N-methyl/N-ethyl adjacent to an activating group) is 1. The fourth-order valence-corrected chi connectivity index (χ4v) is 5.17. The van der Waals surface area contributed by atoms with E-state index in [0.29, 0.717) is 25.1 Å². The van der Waals surface area contributed by atoms with Gasteiger partial charge in [0.2, 0.25) is 11.8 Å². The van der Waals surface area contributed by atoms with Crippen LogP contribution in [-0.4, -0.2) is 60.1 Å². The number of nitrogens with zero attached hydrogens (tertiary/aromatic N) is 1. The third-order valence-electron chi connectivity index (χ3n) is 4.79. The molecule has 0 bridgehead atoms. The van der Waals surface area contributed by atoms with Gasteiger partial charge in [-0.1, -0.05) is 30.3 Å². The topological polar surface area (TPSA) is 105 Å². The molecule has 0 unspecified atom stereocenters. The summed E-state index contributed by atoms with van der Waals surface area (Å²) in [5, 5.41) is 4.94. The zero-order valence-electron chi connectivity index (χ0n) is 15.6. The minimum absolute atomic E-state index is 0.0866. The molecule has 9 heteroatoms. The van der Waals surface area contributed by atoms with Gasteiger partial charge in [-0.3, -0.25) is 14.4 Å². The van der Waals surface area contributed by atoms with Crippen LogP contribution in [0.3, 0.4) is 0 Å². The Morgan fingerprint density at radius 1 is 1.21 bits per heavy atom. The Kier molecular flexibility index (Phi) is 6.23. The molecule has 2 fully saturated rings. The van der Waals surface area contributed by atoms with E-state index in [-0.39, 0.29) is 18.4 Å². The van der Waals surface area contributed by atoms with E-state index in [1.807, 2.05) is 30.3 Å². The molecule has 0 saturated carbocycles. The van der Waals surface area contributed by atoms with Crippen LogP contribution in [0, 0.1) is 0 Å². The van der Waals surface area contributed by atoms with Crippen LogP contribution in [0.15, 0.2) is 30.3 Å². The molecule has 0 aromatic heterocycles. The molecule has 1 aromatic rings. The highest BCUT2D eigenvalue weighted by Crippen LogP contribution is 2.54. The molecule has 0 radical (unpaired) electrons. The highest BCUT2D eigenvalue weighted by molar-refractivity contribution is 8.00. The molecule has 0 spiro atoms. The second-order valence-corrected chi connectivity index (χ2v) is 7.88. The number of benzene rings is 1. The smallest absolute Gasteiger partial charge is 0.330 e. The number of rotatable bonds is 7. The lowest BCUT2D eigenvalue weighted by molar-refractivity contribution is -0.156. The van der Waals surface area contributed by atoms with E-state index in [4.69, 9.17) is 4.74 Å². The number of thioether (sulfide) groups is 1. The van der Waals surface area contributed by atoms with Gasteiger partial charge >= 0.3 is 5.97 Å². The van der Waals surface area contributed by atoms with Crippen LogP contribution in [-0.2, 0) is 28.8 Å². The van der Waals surface area contributed by atoms with Crippen molar-refractivity contribution >= 4 is 35.5 Å². The predicted molar refractivity (Wildman–Crippen MR) is 103 cm³/mol. The van der Waals surface area contributed by atoms with Crippen LogP contribution < -0.4 is 10.6 Å². The number of ether oxygens (including phenoxy) is 1. The van der Waals surface area contributed by atoms with Gasteiger partial charge in [0.1, 0.15) is 10.9 Å². The number of carbonyl (C=O) groups is 4. The Labute approximate surface area is 167 Å². The standard InChI is InChI=1S/C19H23N3O5S/c1-2-20-15(23)10-21-16(24)11-27-18(26)14-12-28-19(9-8-17(25)22(14)19)13-6-4-3-5-7-13/h3-7,14H,2,8-12H2,1H3,(H,20,23)(H,21,24)/t14-,19+/m1/s1. The van der Waals surface area contributed by atoms with Gasteiger partial charge in [0.05, 0.1) is 6.54 Å². The molecule has 2 atom stereocenters. The van der Waals surface area contributed by atoms with Crippen molar-refractivity contribution in [2.45, 2.75) is 30.7 Å². The summed E-state index contributed by atoms with van der Waals surface area (Å²) in [7, 11) is 0. The molecular formula is C19H23N3O5S. The fourth-order valence-electron chi connectivity index (χ4n) is 3.54. The maximum Gasteiger partial charge on any atom is 0.330 e. The summed E-state index contributed by atoms with van der Waals surface area (Å²) in [6, 6.07) is 8.93. The normalized spacial score (nSPS) is 23.2. The molecule has 150 valence electrons. The first-order chi connectivity index (χ1) is 13.5. The van der Waals surface area contributed by atoms with Crippen LogP contribution in [0.2, 0.25) is 0 Å². The summed E-state index contributed by atoms with van der Waals surface area (Å²) in [6.45, 7) is 1.58. The minimum atomic E-state index is -0.726. The van der Waals surface area contributed by atoms with Gasteiger partial charge in [0.25, 0.3) is 5.91 Å². The Morgan fingerprint density at radius 3 is 2.68 bits per heavy atom. The summed E-state index contributed by atoms with van der Waals surface area (Å²) < 4.78 is 5.13. The van der Waals surface area contributed by atoms with Crippen molar-refractivity contribution in [3.63, 3.8) is 0 Å². The average molecular weight is 405 g/mol. The molecule has 8 nitrogen and oxygen atoms in total. The number of nitrogens with one attached hydrogen (secondary N) is 2. The van der Waals surface area contributed by atoms with E-state index in [0.717, 1.165) is 5.56 Å². The Bertz CT molecular complexity index is 772. The maximum atomic E-state index is 12.6. The summed E-state index contributed by atoms with van der Waals surface area (Å²) in [5.41, 5.74) is 0.987. The predicted octanol–water partition coefficient (Wildman–Crippen LogP) is 0.373. The highest BCUT2D eigenvalue weighted by atomic mass is 32.2. The number of esters is 1. The molecule has 28 heavy (non-hydrogen) atoms.